The Morgan fingerprint density at radius 1 is 1.21 bits per heavy atom. The van der Waals surface area contributed by atoms with Crippen LogP contribution in [0.3, 0.4) is 0 Å². The van der Waals surface area contributed by atoms with Crippen molar-refractivity contribution in [3.05, 3.63) is 63.3 Å². The maximum absolute atomic E-state index is 12.4. The first-order valence-corrected chi connectivity index (χ1v) is 12.8. The number of rotatable bonds is 5. The SMILES string of the molecule is CC[As]C(C)Cc1ccc(-c2c(O)cc(C)c3[nH]c(=O)c4sccc4c23)cc1. The van der Waals surface area contributed by atoms with Crippen molar-refractivity contribution in [2.45, 2.75) is 37.1 Å². The molecule has 4 aromatic rings. The summed E-state index contributed by atoms with van der Waals surface area (Å²) in [6.07, 6.45) is 1.11. The van der Waals surface area contributed by atoms with Gasteiger partial charge in [0.05, 0.1) is 0 Å². The molecule has 1 radical (unpaired) electrons. The van der Waals surface area contributed by atoms with E-state index in [1.165, 1.54) is 22.1 Å². The van der Waals surface area contributed by atoms with Crippen LogP contribution >= 0.6 is 11.3 Å². The van der Waals surface area contributed by atoms with Gasteiger partial charge in [-0.25, -0.2) is 0 Å². The van der Waals surface area contributed by atoms with Gasteiger partial charge in [-0.1, -0.05) is 0 Å². The molecule has 2 N–H and O–H groups in total. The van der Waals surface area contributed by atoms with Crippen molar-refractivity contribution in [2.24, 2.45) is 0 Å². The fraction of sp³-hybridized carbons (Fsp3) is 0.261. The summed E-state index contributed by atoms with van der Waals surface area (Å²) < 4.78 is 1.46. The Balaban J connectivity index is 1.89. The molecular weight excluding hydrogens is 429 g/mol. The van der Waals surface area contributed by atoms with Crippen molar-refractivity contribution < 1.29 is 5.11 Å². The molecule has 0 saturated carbocycles. The minimum absolute atomic E-state index is 0.0692. The first-order chi connectivity index (χ1) is 13.5. The predicted octanol–water partition coefficient (Wildman–Crippen LogP) is 5.92. The van der Waals surface area contributed by atoms with Gasteiger partial charge in [-0.05, 0) is 0 Å². The number of nitrogens with one attached hydrogen (secondary N) is 1. The van der Waals surface area contributed by atoms with Crippen LogP contribution in [0.1, 0.15) is 25.0 Å². The molecule has 1 unspecified atom stereocenters. The average Bonchev–Trinajstić information content (AvgIpc) is 3.15. The Labute approximate surface area is 175 Å². The van der Waals surface area contributed by atoms with Crippen molar-refractivity contribution in [3.63, 3.8) is 0 Å². The van der Waals surface area contributed by atoms with E-state index in [-0.39, 0.29) is 11.3 Å². The van der Waals surface area contributed by atoms with Crippen LogP contribution < -0.4 is 5.56 Å². The van der Waals surface area contributed by atoms with Crippen LogP contribution in [0.5, 0.6) is 5.75 Å². The second kappa shape index (κ2) is 7.77. The van der Waals surface area contributed by atoms with E-state index >= 15 is 0 Å². The van der Waals surface area contributed by atoms with E-state index in [0.717, 1.165) is 44.1 Å². The van der Waals surface area contributed by atoms with E-state index in [2.05, 4.69) is 43.1 Å². The fourth-order valence-corrected chi connectivity index (χ4v) is 6.72. The summed E-state index contributed by atoms with van der Waals surface area (Å²) in [4.78, 5) is 15.5. The number of H-pyrrole nitrogens is 1. The van der Waals surface area contributed by atoms with Crippen LogP contribution in [0.15, 0.2) is 46.6 Å². The quantitative estimate of drug-likeness (QED) is 0.370. The molecular formula is C23H23AsNO2S. The Hall–Kier alpha value is -2.03. The van der Waals surface area contributed by atoms with E-state index in [1.807, 2.05) is 18.4 Å². The number of hydrogen-bond donors (Lipinski definition) is 2. The third-order valence-corrected chi connectivity index (χ3v) is 8.52. The molecule has 143 valence electrons. The van der Waals surface area contributed by atoms with Gasteiger partial charge in [-0.15, -0.1) is 0 Å². The van der Waals surface area contributed by atoms with Crippen LogP contribution in [0.4, 0.5) is 0 Å². The summed E-state index contributed by atoms with van der Waals surface area (Å²) in [6, 6.07) is 12.3. The van der Waals surface area contributed by atoms with Crippen molar-refractivity contribution >= 4 is 48.1 Å². The number of hydrogen-bond acceptors (Lipinski definition) is 3. The molecule has 2 aromatic heterocycles. The van der Waals surface area contributed by atoms with Gasteiger partial charge in [0.15, 0.2) is 0 Å². The van der Waals surface area contributed by atoms with E-state index in [9.17, 15) is 9.90 Å². The second-order valence-corrected chi connectivity index (χ2v) is 12.1. The van der Waals surface area contributed by atoms with Gasteiger partial charge >= 0.3 is 175 Å². The minimum atomic E-state index is -0.0692. The van der Waals surface area contributed by atoms with Crippen LogP contribution in [0.2, 0.25) is 9.91 Å². The summed E-state index contributed by atoms with van der Waals surface area (Å²) in [5.41, 5.74) is 4.70. The maximum atomic E-state index is 12.4. The number of thiophene rings is 1. The van der Waals surface area contributed by atoms with E-state index < -0.39 is 0 Å². The average molecular weight is 452 g/mol. The summed E-state index contributed by atoms with van der Waals surface area (Å²) in [5.74, 6) is 0.252. The zero-order valence-electron chi connectivity index (χ0n) is 16.2. The molecule has 3 nitrogen and oxygen atoms in total. The molecule has 0 spiro atoms. The van der Waals surface area contributed by atoms with Crippen LogP contribution in [-0.4, -0.2) is 25.8 Å². The Kier molecular flexibility index (Phi) is 5.35. The van der Waals surface area contributed by atoms with Crippen molar-refractivity contribution in [2.75, 3.05) is 0 Å². The van der Waals surface area contributed by atoms with Gasteiger partial charge in [0.25, 0.3) is 0 Å². The number of aromatic amines is 1. The summed E-state index contributed by atoms with van der Waals surface area (Å²) in [7, 11) is 0. The fourth-order valence-electron chi connectivity index (χ4n) is 3.90. The molecule has 28 heavy (non-hydrogen) atoms. The molecule has 0 bridgehead atoms. The Bertz CT molecular complexity index is 1210. The normalized spacial score (nSPS) is 13.1. The van der Waals surface area contributed by atoms with Crippen molar-refractivity contribution in [1.29, 1.82) is 0 Å². The number of fused-ring (bicyclic) bond motifs is 3. The summed E-state index contributed by atoms with van der Waals surface area (Å²) >= 11 is 1.84. The Morgan fingerprint density at radius 3 is 2.68 bits per heavy atom. The molecule has 2 aromatic carbocycles. The number of phenols is 1. The molecule has 0 aliphatic heterocycles. The second-order valence-electron chi connectivity index (χ2n) is 7.20. The topological polar surface area (TPSA) is 53.1 Å². The third kappa shape index (κ3) is 3.40. The summed E-state index contributed by atoms with van der Waals surface area (Å²) in [5, 5.41) is 15.9. The number of phenolic OH excluding ortho intramolecular Hbond substituents is 1. The van der Waals surface area contributed by atoms with Gasteiger partial charge < -0.3 is 0 Å². The zero-order valence-corrected chi connectivity index (χ0v) is 18.9. The van der Waals surface area contributed by atoms with Gasteiger partial charge in [0, 0.05) is 0 Å². The van der Waals surface area contributed by atoms with E-state index in [1.54, 1.807) is 6.07 Å². The van der Waals surface area contributed by atoms with E-state index in [0.29, 0.717) is 20.5 Å². The van der Waals surface area contributed by atoms with Crippen LogP contribution in [-0.2, 0) is 6.42 Å². The van der Waals surface area contributed by atoms with Crippen LogP contribution in [0.25, 0.3) is 32.1 Å². The third-order valence-electron chi connectivity index (χ3n) is 5.15. The first-order valence-electron chi connectivity index (χ1n) is 9.51. The number of aromatic nitrogens is 1. The predicted molar refractivity (Wildman–Crippen MR) is 121 cm³/mol. The molecule has 0 amide bonds. The first kappa shape index (κ1) is 19.3. The number of aryl methyl sites for hydroxylation is 1. The molecule has 4 rings (SSSR count). The number of aromatic hydroxyl groups is 1. The molecule has 5 heteroatoms. The van der Waals surface area contributed by atoms with Crippen molar-refractivity contribution in [3.8, 4) is 16.9 Å². The van der Waals surface area contributed by atoms with Gasteiger partial charge in [0.1, 0.15) is 0 Å². The molecule has 0 aliphatic rings. The van der Waals surface area contributed by atoms with E-state index in [4.69, 9.17) is 0 Å². The number of pyridine rings is 1. The van der Waals surface area contributed by atoms with Gasteiger partial charge in [-0.3, -0.25) is 0 Å². The molecule has 2 heterocycles. The molecule has 0 aliphatic carbocycles. The standard InChI is InChI=1S/C23H23AsNO2S/c1-4-24-14(3)12-15-5-7-16(8-6-15)19-18(26)11-13(2)21-20(19)17-9-10-28-22(17)23(27)25-21/h5-11,14,26H,4,12H2,1-3H3,(H,25,27). The zero-order chi connectivity index (χ0) is 19.8. The summed E-state index contributed by atoms with van der Waals surface area (Å²) in [6.45, 7) is 6.52. The Morgan fingerprint density at radius 2 is 1.96 bits per heavy atom. The van der Waals surface area contributed by atoms with Crippen molar-refractivity contribution in [1.82, 2.24) is 4.98 Å². The van der Waals surface area contributed by atoms with Crippen LogP contribution in [0, 0.1) is 6.92 Å². The monoisotopic (exact) mass is 452 g/mol. The molecule has 0 saturated heterocycles. The van der Waals surface area contributed by atoms with Gasteiger partial charge in [0.2, 0.25) is 0 Å². The molecule has 1 atom stereocenters. The molecule has 0 fully saturated rings. The number of benzene rings is 2. The van der Waals surface area contributed by atoms with Gasteiger partial charge in [-0.2, -0.15) is 0 Å².